The monoisotopic (exact) mass is 338 g/mol. The van der Waals surface area contributed by atoms with E-state index in [0.717, 1.165) is 26.1 Å². The lowest BCUT2D eigenvalue weighted by atomic mass is 10.0. The van der Waals surface area contributed by atoms with Crippen LogP contribution in [0.15, 0.2) is 40.2 Å². The maximum atomic E-state index is 3.52. The number of halogens is 1. The van der Waals surface area contributed by atoms with Gasteiger partial charge in [-0.05, 0) is 59.2 Å². The van der Waals surface area contributed by atoms with Gasteiger partial charge in [-0.2, -0.15) is 0 Å². The van der Waals surface area contributed by atoms with Gasteiger partial charge in [0.05, 0.1) is 3.79 Å². The highest BCUT2D eigenvalue weighted by atomic mass is 79.9. The summed E-state index contributed by atoms with van der Waals surface area (Å²) in [6.07, 6.45) is 1.08. The Kier molecular flexibility index (Phi) is 6.04. The van der Waals surface area contributed by atoms with Crippen LogP contribution < -0.4 is 10.6 Å². The fourth-order valence-electron chi connectivity index (χ4n) is 2.00. The van der Waals surface area contributed by atoms with Gasteiger partial charge in [-0.3, -0.25) is 0 Å². The summed E-state index contributed by atoms with van der Waals surface area (Å²) < 4.78 is 1.19. The van der Waals surface area contributed by atoms with Crippen LogP contribution in [-0.4, -0.2) is 13.6 Å². The number of benzene rings is 1. The van der Waals surface area contributed by atoms with Gasteiger partial charge in [0.25, 0.3) is 0 Å². The van der Waals surface area contributed by atoms with Crippen LogP contribution in [0.25, 0.3) is 0 Å². The lowest BCUT2D eigenvalue weighted by Crippen LogP contribution is -2.15. The van der Waals surface area contributed by atoms with Crippen LogP contribution in [0.2, 0.25) is 0 Å². The molecule has 0 radical (unpaired) electrons. The molecule has 0 amide bonds. The minimum atomic E-state index is 0.926. The normalized spacial score (nSPS) is 10.8. The van der Waals surface area contributed by atoms with Crippen LogP contribution in [0.5, 0.6) is 0 Å². The summed E-state index contributed by atoms with van der Waals surface area (Å²) in [6, 6.07) is 12.9. The summed E-state index contributed by atoms with van der Waals surface area (Å²) in [5, 5.41) is 6.72. The van der Waals surface area contributed by atoms with Crippen LogP contribution in [0.3, 0.4) is 0 Å². The fourth-order valence-corrected chi connectivity index (χ4v) is 3.45. The molecule has 0 unspecified atom stereocenters. The zero-order valence-corrected chi connectivity index (χ0v) is 13.5. The first-order valence-electron chi connectivity index (χ1n) is 6.46. The molecular formula is C15H19BrN2S. The lowest BCUT2D eigenvalue weighted by molar-refractivity contribution is 0.690. The van der Waals surface area contributed by atoms with Crippen molar-refractivity contribution in [3.63, 3.8) is 0 Å². The van der Waals surface area contributed by atoms with Crippen molar-refractivity contribution in [1.82, 2.24) is 10.6 Å². The second kappa shape index (κ2) is 7.80. The van der Waals surface area contributed by atoms with Gasteiger partial charge >= 0.3 is 0 Å². The van der Waals surface area contributed by atoms with Crippen LogP contribution in [0.1, 0.15) is 16.0 Å². The standard InChI is InChI=1S/C15H19BrN2S/c1-17-9-8-12-4-2-3-5-13(12)10-18-11-14-6-7-15(16)19-14/h2-7,17-18H,8-11H2,1H3. The highest BCUT2D eigenvalue weighted by molar-refractivity contribution is 9.11. The highest BCUT2D eigenvalue weighted by Gasteiger charge is 2.02. The van der Waals surface area contributed by atoms with E-state index in [1.807, 2.05) is 7.05 Å². The van der Waals surface area contributed by atoms with Gasteiger partial charge in [-0.25, -0.2) is 0 Å². The Morgan fingerprint density at radius 1 is 1.05 bits per heavy atom. The molecule has 0 aliphatic heterocycles. The zero-order chi connectivity index (χ0) is 13.5. The number of nitrogens with one attached hydrogen (secondary N) is 2. The predicted octanol–water partition coefficient (Wildman–Crippen LogP) is 3.56. The van der Waals surface area contributed by atoms with Crippen LogP contribution in [-0.2, 0) is 19.5 Å². The molecule has 19 heavy (non-hydrogen) atoms. The Hall–Kier alpha value is -0.680. The van der Waals surface area contributed by atoms with E-state index in [0.29, 0.717) is 0 Å². The highest BCUT2D eigenvalue weighted by Crippen LogP contribution is 2.21. The molecule has 0 atom stereocenters. The Labute approximate surface area is 127 Å². The van der Waals surface area contributed by atoms with Crippen molar-refractivity contribution < 1.29 is 0 Å². The van der Waals surface area contributed by atoms with Crippen LogP contribution in [0, 0.1) is 0 Å². The number of likely N-dealkylation sites (N-methyl/N-ethyl adjacent to an activating group) is 1. The van der Waals surface area contributed by atoms with E-state index in [9.17, 15) is 0 Å². The van der Waals surface area contributed by atoms with Crippen LogP contribution in [0.4, 0.5) is 0 Å². The largest absolute Gasteiger partial charge is 0.319 e. The molecule has 0 spiro atoms. The Morgan fingerprint density at radius 2 is 1.84 bits per heavy atom. The first-order valence-corrected chi connectivity index (χ1v) is 8.07. The third kappa shape index (κ3) is 4.73. The van der Waals surface area contributed by atoms with Crippen molar-refractivity contribution in [3.05, 3.63) is 56.2 Å². The van der Waals surface area contributed by atoms with E-state index in [4.69, 9.17) is 0 Å². The summed E-state index contributed by atoms with van der Waals surface area (Å²) in [7, 11) is 2.00. The van der Waals surface area contributed by atoms with E-state index in [1.165, 1.54) is 19.8 Å². The van der Waals surface area contributed by atoms with Crippen molar-refractivity contribution in [2.75, 3.05) is 13.6 Å². The average molecular weight is 339 g/mol. The van der Waals surface area contributed by atoms with Gasteiger partial charge in [0.1, 0.15) is 0 Å². The summed E-state index contributed by atoms with van der Waals surface area (Å²) in [4.78, 5) is 1.36. The Bertz CT molecular complexity index is 510. The van der Waals surface area contributed by atoms with Gasteiger partial charge < -0.3 is 10.6 Å². The fraction of sp³-hybridized carbons (Fsp3) is 0.333. The second-order valence-corrected chi connectivity index (χ2v) is 6.98. The summed E-state index contributed by atoms with van der Waals surface area (Å²) in [6.45, 7) is 2.88. The second-order valence-electron chi connectivity index (χ2n) is 4.43. The van der Waals surface area contributed by atoms with Gasteiger partial charge in [0, 0.05) is 18.0 Å². The number of hydrogen-bond acceptors (Lipinski definition) is 3. The average Bonchev–Trinajstić information content (AvgIpc) is 2.83. The molecule has 0 saturated carbocycles. The molecule has 2 rings (SSSR count). The van der Waals surface area contributed by atoms with Crippen molar-refractivity contribution in [2.45, 2.75) is 19.5 Å². The van der Waals surface area contributed by atoms with E-state index in [1.54, 1.807) is 11.3 Å². The van der Waals surface area contributed by atoms with Crippen LogP contribution >= 0.6 is 27.3 Å². The smallest absolute Gasteiger partial charge is 0.0701 e. The molecule has 4 heteroatoms. The number of thiophene rings is 1. The van der Waals surface area contributed by atoms with E-state index in [-0.39, 0.29) is 0 Å². The SMILES string of the molecule is CNCCc1ccccc1CNCc1ccc(Br)s1. The first-order chi connectivity index (χ1) is 9.29. The molecule has 0 aliphatic rings. The van der Waals surface area contributed by atoms with E-state index in [2.05, 4.69) is 63.0 Å². The van der Waals surface area contributed by atoms with E-state index < -0.39 is 0 Å². The maximum Gasteiger partial charge on any atom is 0.0701 e. The molecule has 2 N–H and O–H groups in total. The van der Waals surface area contributed by atoms with Gasteiger partial charge in [-0.1, -0.05) is 24.3 Å². The molecule has 0 aliphatic carbocycles. The molecular weight excluding hydrogens is 320 g/mol. The summed E-state index contributed by atoms with van der Waals surface area (Å²) >= 11 is 5.28. The topological polar surface area (TPSA) is 24.1 Å². The van der Waals surface area contributed by atoms with Gasteiger partial charge in [0.15, 0.2) is 0 Å². The molecule has 0 fully saturated rings. The van der Waals surface area contributed by atoms with Crippen molar-refractivity contribution >= 4 is 27.3 Å². The first kappa shape index (κ1) is 14.7. The predicted molar refractivity (Wildman–Crippen MR) is 86.6 cm³/mol. The zero-order valence-electron chi connectivity index (χ0n) is 11.1. The number of rotatable bonds is 7. The van der Waals surface area contributed by atoms with E-state index >= 15 is 0 Å². The maximum absolute atomic E-state index is 3.52. The molecule has 2 aromatic rings. The minimum Gasteiger partial charge on any atom is -0.319 e. The quantitative estimate of drug-likeness (QED) is 0.806. The molecule has 2 nitrogen and oxygen atoms in total. The molecule has 1 aromatic carbocycles. The molecule has 0 bridgehead atoms. The number of hydrogen-bond donors (Lipinski definition) is 2. The lowest BCUT2D eigenvalue weighted by Gasteiger charge is -2.10. The molecule has 1 heterocycles. The molecule has 0 saturated heterocycles. The van der Waals surface area contributed by atoms with Crippen molar-refractivity contribution in [3.8, 4) is 0 Å². The van der Waals surface area contributed by atoms with Crippen molar-refractivity contribution in [1.29, 1.82) is 0 Å². The Morgan fingerprint density at radius 3 is 2.53 bits per heavy atom. The third-order valence-electron chi connectivity index (χ3n) is 3.01. The van der Waals surface area contributed by atoms with Gasteiger partial charge in [-0.15, -0.1) is 11.3 Å². The third-order valence-corrected chi connectivity index (χ3v) is 4.63. The summed E-state index contributed by atoms with van der Waals surface area (Å²) in [5.41, 5.74) is 2.82. The minimum absolute atomic E-state index is 0.926. The van der Waals surface area contributed by atoms with Gasteiger partial charge in [0.2, 0.25) is 0 Å². The van der Waals surface area contributed by atoms with Crippen molar-refractivity contribution in [2.24, 2.45) is 0 Å². The molecule has 102 valence electrons. The Balaban J connectivity index is 1.88. The summed E-state index contributed by atoms with van der Waals surface area (Å²) in [5.74, 6) is 0. The molecule has 1 aromatic heterocycles.